The van der Waals surface area contributed by atoms with Crippen molar-refractivity contribution < 1.29 is 9.53 Å². The maximum absolute atomic E-state index is 12.4. The van der Waals surface area contributed by atoms with Crippen LogP contribution in [0.15, 0.2) is 42.5 Å². The smallest absolute Gasteiger partial charge is 0.224 e. The molecule has 1 fully saturated rings. The predicted molar refractivity (Wildman–Crippen MR) is 107 cm³/mol. The summed E-state index contributed by atoms with van der Waals surface area (Å²) in [6.07, 6.45) is 3.64. The first-order valence-corrected chi connectivity index (χ1v) is 9.53. The molecule has 0 aliphatic carbocycles. The number of ether oxygens (including phenoxy) is 1. The number of para-hydroxylation sites is 1. The number of hydrogen-bond donors (Lipinski definition) is 1. The molecule has 1 amide bonds. The van der Waals surface area contributed by atoms with Gasteiger partial charge in [-0.25, -0.2) is 0 Å². The monoisotopic (exact) mass is 352 g/mol. The molecule has 4 nitrogen and oxygen atoms in total. The number of rotatable bonds is 7. The molecule has 2 aromatic rings. The zero-order valence-electron chi connectivity index (χ0n) is 15.8. The third-order valence-electron chi connectivity index (χ3n) is 4.85. The fourth-order valence-corrected chi connectivity index (χ4v) is 3.43. The average Bonchev–Trinajstić information content (AvgIpc) is 3.18. The number of carbonyl (C=O) groups is 1. The molecule has 0 radical (unpaired) electrons. The van der Waals surface area contributed by atoms with E-state index in [9.17, 15) is 4.79 Å². The van der Waals surface area contributed by atoms with E-state index in [1.54, 1.807) is 0 Å². The van der Waals surface area contributed by atoms with Gasteiger partial charge < -0.3 is 15.0 Å². The van der Waals surface area contributed by atoms with E-state index in [2.05, 4.69) is 29.3 Å². The average molecular weight is 352 g/mol. The molecule has 3 rings (SSSR count). The fraction of sp³-hybridized carbons (Fsp3) is 0.409. The highest BCUT2D eigenvalue weighted by Crippen LogP contribution is 2.26. The molecule has 1 N–H and O–H groups in total. The van der Waals surface area contributed by atoms with Crippen LogP contribution in [0.4, 0.5) is 11.4 Å². The Morgan fingerprint density at radius 1 is 1.15 bits per heavy atom. The highest BCUT2D eigenvalue weighted by molar-refractivity contribution is 5.92. The lowest BCUT2D eigenvalue weighted by atomic mass is 10.1. The fourth-order valence-electron chi connectivity index (χ4n) is 3.43. The molecule has 2 aromatic carbocycles. The Morgan fingerprint density at radius 3 is 2.65 bits per heavy atom. The summed E-state index contributed by atoms with van der Waals surface area (Å²) in [6, 6.07) is 14.2. The number of hydrogen-bond acceptors (Lipinski definition) is 3. The van der Waals surface area contributed by atoms with Crippen molar-refractivity contribution in [2.24, 2.45) is 0 Å². The van der Waals surface area contributed by atoms with Crippen LogP contribution in [-0.4, -0.2) is 25.6 Å². The van der Waals surface area contributed by atoms with Crippen molar-refractivity contribution in [3.8, 4) is 5.75 Å². The predicted octanol–water partition coefficient (Wildman–Crippen LogP) is 4.57. The van der Waals surface area contributed by atoms with Gasteiger partial charge >= 0.3 is 0 Å². The molecule has 138 valence electrons. The number of nitrogens with zero attached hydrogens (tertiary/aromatic N) is 1. The van der Waals surface area contributed by atoms with Crippen LogP contribution in [0, 0.1) is 6.92 Å². The van der Waals surface area contributed by atoms with Crippen LogP contribution < -0.4 is 15.0 Å². The minimum Gasteiger partial charge on any atom is -0.494 e. The first-order valence-electron chi connectivity index (χ1n) is 9.53. The molecule has 0 aromatic heterocycles. The molecule has 26 heavy (non-hydrogen) atoms. The van der Waals surface area contributed by atoms with Crippen molar-refractivity contribution in [2.75, 3.05) is 29.9 Å². The van der Waals surface area contributed by atoms with E-state index in [0.29, 0.717) is 19.4 Å². The van der Waals surface area contributed by atoms with Gasteiger partial charge in [-0.05, 0) is 68.5 Å². The van der Waals surface area contributed by atoms with Crippen LogP contribution in [-0.2, 0) is 11.2 Å². The van der Waals surface area contributed by atoms with E-state index >= 15 is 0 Å². The SMILES string of the molecule is CCOc1ccccc1CCC(=O)Nc1ccc(N2CCCC2)cc1C. The van der Waals surface area contributed by atoms with Gasteiger partial charge in [0, 0.05) is 30.9 Å². The second-order valence-corrected chi connectivity index (χ2v) is 6.78. The van der Waals surface area contributed by atoms with Gasteiger partial charge in [0.05, 0.1) is 6.61 Å². The van der Waals surface area contributed by atoms with E-state index in [1.165, 1.54) is 18.5 Å². The lowest BCUT2D eigenvalue weighted by molar-refractivity contribution is -0.116. The Kier molecular flexibility index (Phi) is 6.16. The minimum absolute atomic E-state index is 0.0355. The summed E-state index contributed by atoms with van der Waals surface area (Å²) in [5.74, 6) is 0.905. The quantitative estimate of drug-likeness (QED) is 0.794. The maximum atomic E-state index is 12.4. The van der Waals surface area contributed by atoms with Crippen LogP contribution in [0.3, 0.4) is 0 Å². The topological polar surface area (TPSA) is 41.6 Å². The second-order valence-electron chi connectivity index (χ2n) is 6.78. The molecule has 0 atom stereocenters. The van der Waals surface area contributed by atoms with Crippen LogP contribution in [0.2, 0.25) is 0 Å². The molecular formula is C22H28N2O2. The molecule has 0 bridgehead atoms. The van der Waals surface area contributed by atoms with Crippen molar-refractivity contribution in [3.63, 3.8) is 0 Å². The molecule has 1 heterocycles. The van der Waals surface area contributed by atoms with Crippen LogP contribution in [0.5, 0.6) is 5.75 Å². The third-order valence-corrected chi connectivity index (χ3v) is 4.85. The lowest BCUT2D eigenvalue weighted by Gasteiger charge is -2.19. The molecule has 1 saturated heterocycles. The van der Waals surface area contributed by atoms with Gasteiger partial charge in [-0.2, -0.15) is 0 Å². The van der Waals surface area contributed by atoms with Crippen LogP contribution in [0.25, 0.3) is 0 Å². The van der Waals surface area contributed by atoms with Gasteiger partial charge in [-0.15, -0.1) is 0 Å². The Bertz CT molecular complexity index is 752. The van der Waals surface area contributed by atoms with E-state index < -0.39 is 0 Å². The van der Waals surface area contributed by atoms with E-state index in [4.69, 9.17) is 4.74 Å². The Hall–Kier alpha value is -2.49. The Morgan fingerprint density at radius 2 is 1.92 bits per heavy atom. The van der Waals surface area contributed by atoms with Gasteiger partial charge in [0.25, 0.3) is 0 Å². The summed E-state index contributed by atoms with van der Waals surface area (Å²) in [6.45, 7) is 6.91. The minimum atomic E-state index is 0.0355. The standard InChI is InChI=1S/C22H28N2O2/c1-3-26-21-9-5-4-8-18(21)10-13-22(25)23-20-12-11-19(16-17(20)2)24-14-6-7-15-24/h4-5,8-9,11-12,16H,3,6-7,10,13-15H2,1-2H3,(H,23,25). The lowest BCUT2D eigenvalue weighted by Crippen LogP contribution is -2.18. The van der Waals surface area contributed by atoms with E-state index in [0.717, 1.165) is 35.7 Å². The van der Waals surface area contributed by atoms with E-state index in [1.807, 2.05) is 37.3 Å². The summed E-state index contributed by atoms with van der Waals surface area (Å²) in [5, 5.41) is 3.05. The summed E-state index contributed by atoms with van der Waals surface area (Å²) < 4.78 is 5.63. The normalized spacial score (nSPS) is 13.7. The summed E-state index contributed by atoms with van der Waals surface area (Å²) in [5.41, 5.74) is 4.34. The van der Waals surface area contributed by atoms with Gasteiger partial charge in [0.2, 0.25) is 5.91 Å². The zero-order valence-corrected chi connectivity index (χ0v) is 15.8. The molecule has 1 aliphatic heterocycles. The van der Waals surface area contributed by atoms with Gasteiger partial charge in [-0.1, -0.05) is 18.2 Å². The first-order chi connectivity index (χ1) is 12.7. The number of carbonyl (C=O) groups excluding carboxylic acids is 1. The van der Waals surface area contributed by atoms with Gasteiger partial charge in [0.1, 0.15) is 5.75 Å². The molecule has 0 spiro atoms. The number of aryl methyl sites for hydroxylation is 2. The molecule has 0 unspecified atom stereocenters. The second kappa shape index (κ2) is 8.75. The number of amides is 1. The number of anilines is 2. The Labute approximate surface area is 156 Å². The summed E-state index contributed by atoms with van der Waals surface area (Å²) in [4.78, 5) is 14.8. The van der Waals surface area contributed by atoms with Crippen molar-refractivity contribution in [1.82, 2.24) is 0 Å². The van der Waals surface area contributed by atoms with Crippen molar-refractivity contribution in [1.29, 1.82) is 0 Å². The van der Waals surface area contributed by atoms with Crippen molar-refractivity contribution >= 4 is 17.3 Å². The zero-order chi connectivity index (χ0) is 18.4. The molecule has 1 aliphatic rings. The highest BCUT2D eigenvalue weighted by Gasteiger charge is 2.14. The maximum Gasteiger partial charge on any atom is 0.224 e. The third kappa shape index (κ3) is 4.57. The van der Waals surface area contributed by atoms with Gasteiger partial charge in [-0.3, -0.25) is 4.79 Å². The van der Waals surface area contributed by atoms with Crippen molar-refractivity contribution in [2.45, 2.75) is 39.5 Å². The van der Waals surface area contributed by atoms with Crippen molar-refractivity contribution in [3.05, 3.63) is 53.6 Å². The first kappa shape index (κ1) is 18.3. The largest absolute Gasteiger partial charge is 0.494 e. The summed E-state index contributed by atoms with van der Waals surface area (Å²) >= 11 is 0. The molecular weight excluding hydrogens is 324 g/mol. The number of nitrogens with one attached hydrogen (secondary N) is 1. The van der Waals surface area contributed by atoms with Crippen LogP contribution >= 0.6 is 0 Å². The number of benzene rings is 2. The Balaban J connectivity index is 1.58. The van der Waals surface area contributed by atoms with Gasteiger partial charge in [0.15, 0.2) is 0 Å². The molecule has 0 saturated carbocycles. The highest BCUT2D eigenvalue weighted by atomic mass is 16.5. The molecule has 4 heteroatoms. The summed E-state index contributed by atoms with van der Waals surface area (Å²) in [7, 11) is 0. The van der Waals surface area contributed by atoms with Crippen LogP contribution in [0.1, 0.15) is 37.3 Å². The van der Waals surface area contributed by atoms with E-state index in [-0.39, 0.29) is 5.91 Å².